The van der Waals surface area contributed by atoms with Crippen molar-refractivity contribution in [2.75, 3.05) is 17.2 Å². The Morgan fingerprint density at radius 3 is 2.15 bits per heavy atom. The highest BCUT2D eigenvalue weighted by Gasteiger charge is 2.11. The van der Waals surface area contributed by atoms with Crippen LogP contribution in [0.4, 0.5) is 11.4 Å². The van der Waals surface area contributed by atoms with Crippen LogP contribution in [0.1, 0.15) is 24.0 Å². The van der Waals surface area contributed by atoms with E-state index >= 15 is 0 Å². The number of anilines is 2. The molecular formula is C20H21ClN2O4. The van der Waals surface area contributed by atoms with E-state index in [9.17, 15) is 14.4 Å². The van der Waals surface area contributed by atoms with E-state index in [-0.39, 0.29) is 18.7 Å². The summed E-state index contributed by atoms with van der Waals surface area (Å²) in [6.07, 6.45) is -0.130. The lowest BCUT2D eigenvalue weighted by Gasteiger charge is -2.08. The maximum atomic E-state index is 11.9. The second-order valence-corrected chi connectivity index (χ2v) is 6.50. The summed E-state index contributed by atoms with van der Waals surface area (Å²) in [6, 6.07) is 12.1. The standard InChI is InChI=1S/C20H21ClN2O4/c1-13-3-6-17(11-14(13)2)23-18(24)9-10-20(26)27-12-19(25)22-16-7-4-15(21)5-8-16/h3-8,11H,9-10,12H2,1-2H3,(H,22,25)(H,23,24). The van der Waals surface area contributed by atoms with Crippen LogP contribution >= 0.6 is 11.6 Å². The van der Waals surface area contributed by atoms with Crippen molar-refractivity contribution in [3.05, 3.63) is 58.6 Å². The third-order valence-corrected chi connectivity index (χ3v) is 4.09. The zero-order valence-electron chi connectivity index (χ0n) is 15.2. The lowest BCUT2D eigenvalue weighted by atomic mass is 10.1. The minimum Gasteiger partial charge on any atom is -0.456 e. The SMILES string of the molecule is Cc1ccc(NC(=O)CCC(=O)OCC(=O)Nc2ccc(Cl)cc2)cc1C. The summed E-state index contributed by atoms with van der Waals surface area (Å²) in [5.41, 5.74) is 3.43. The van der Waals surface area contributed by atoms with Gasteiger partial charge < -0.3 is 15.4 Å². The number of amides is 2. The predicted octanol–water partition coefficient (Wildman–Crippen LogP) is 3.86. The smallest absolute Gasteiger partial charge is 0.306 e. The fraction of sp³-hybridized carbons (Fsp3) is 0.250. The van der Waals surface area contributed by atoms with Crippen LogP contribution in [0.5, 0.6) is 0 Å². The summed E-state index contributed by atoms with van der Waals surface area (Å²) in [6.45, 7) is 3.53. The quantitative estimate of drug-likeness (QED) is 0.705. The fourth-order valence-electron chi connectivity index (χ4n) is 2.21. The molecule has 0 radical (unpaired) electrons. The molecule has 0 aliphatic rings. The summed E-state index contributed by atoms with van der Waals surface area (Å²) in [4.78, 5) is 35.4. The number of esters is 1. The van der Waals surface area contributed by atoms with Gasteiger partial charge in [-0.2, -0.15) is 0 Å². The van der Waals surface area contributed by atoms with Crippen LogP contribution in [0.25, 0.3) is 0 Å². The van der Waals surface area contributed by atoms with Crippen molar-refractivity contribution in [1.82, 2.24) is 0 Å². The molecule has 0 bridgehead atoms. The Bertz CT molecular complexity index is 834. The summed E-state index contributed by atoms with van der Waals surface area (Å²) in [5.74, 6) is -1.37. The highest BCUT2D eigenvalue weighted by atomic mass is 35.5. The highest BCUT2D eigenvalue weighted by Crippen LogP contribution is 2.15. The van der Waals surface area contributed by atoms with E-state index in [0.29, 0.717) is 16.4 Å². The Hall–Kier alpha value is -2.86. The van der Waals surface area contributed by atoms with Gasteiger partial charge in [-0.15, -0.1) is 0 Å². The number of halogens is 1. The first-order valence-electron chi connectivity index (χ1n) is 8.41. The molecule has 142 valence electrons. The van der Waals surface area contributed by atoms with Gasteiger partial charge in [0.15, 0.2) is 6.61 Å². The topological polar surface area (TPSA) is 84.5 Å². The van der Waals surface area contributed by atoms with E-state index in [1.165, 1.54) is 0 Å². The molecule has 2 aromatic rings. The van der Waals surface area contributed by atoms with E-state index < -0.39 is 18.5 Å². The third kappa shape index (κ3) is 7.11. The molecule has 0 aliphatic carbocycles. The van der Waals surface area contributed by atoms with Crippen LogP contribution in [0.2, 0.25) is 5.02 Å². The maximum Gasteiger partial charge on any atom is 0.306 e. The van der Waals surface area contributed by atoms with E-state index in [1.807, 2.05) is 26.0 Å². The van der Waals surface area contributed by atoms with Crippen molar-refractivity contribution in [2.45, 2.75) is 26.7 Å². The van der Waals surface area contributed by atoms with Crippen LogP contribution < -0.4 is 10.6 Å². The lowest BCUT2D eigenvalue weighted by molar-refractivity contribution is -0.147. The van der Waals surface area contributed by atoms with Crippen LogP contribution in [-0.4, -0.2) is 24.4 Å². The average Bonchev–Trinajstić information content (AvgIpc) is 2.63. The molecule has 0 saturated heterocycles. The summed E-state index contributed by atoms with van der Waals surface area (Å²) >= 11 is 5.76. The molecule has 2 amide bonds. The monoisotopic (exact) mass is 388 g/mol. The zero-order valence-corrected chi connectivity index (χ0v) is 15.9. The minimum absolute atomic E-state index is 0.0233. The van der Waals surface area contributed by atoms with Crippen molar-refractivity contribution in [3.8, 4) is 0 Å². The van der Waals surface area contributed by atoms with Crippen LogP contribution in [-0.2, 0) is 19.1 Å². The Labute approximate surface area is 162 Å². The number of ether oxygens (including phenoxy) is 1. The first-order chi connectivity index (χ1) is 12.8. The van der Waals surface area contributed by atoms with Crippen molar-refractivity contribution in [1.29, 1.82) is 0 Å². The molecule has 0 fully saturated rings. The summed E-state index contributed by atoms with van der Waals surface area (Å²) < 4.78 is 4.88. The molecule has 0 saturated carbocycles. The van der Waals surface area contributed by atoms with Gasteiger partial charge in [-0.05, 0) is 61.4 Å². The molecule has 7 heteroatoms. The molecule has 6 nitrogen and oxygen atoms in total. The second-order valence-electron chi connectivity index (χ2n) is 6.06. The van der Waals surface area contributed by atoms with E-state index in [0.717, 1.165) is 11.1 Å². The van der Waals surface area contributed by atoms with Crippen molar-refractivity contribution < 1.29 is 19.1 Å². The minimum atomic E-state index is -0.614. The summed E-state index contributed by atoms with van der Waals surface area (Å²) in [5, 5.41) is 5.86. The highest BCUT2D eigenvalue weighted by molar-refractivity contribution is 6.30. The Balaban J connectivity index is 1.69. The van der Waals surface area contributed by atoms with Gasteiger partial charge >= 0.3 is 5.97 Å². The number of rotatable bonds is 7. The van der Waals surface area contributed by atoms with Crippen LogP contribution in [0.3, 0.4) is 0 Å². The number of carbonyl (C=O) groups is 3. The van der Waals surface area contributed by atoms with Crippen molar-refractivity contribution in [3.63, 3.8) is 0 Å². The number of benzene rings is 2. The van der Waals surface area contributed by atoms with Gasteiger partial charge in [0.2, 0.25) is 5.91 Å². The van der Waals surface area contributed by atoms with E-state index in [2.05, 4.69) is 10.6 Å². The van der Waals surface area contributed by atoms with Crippen molar-refractivity contribution >= 4 is 40.8 Å². The molecular weight excluding hydrogens is 368 g/mol. The Kier molecular flexibility index (Phi) is 7.37. The molecule has 0 unspecified atom stereocenters. The number of nitrogens with one attached hydrogen (secondary N) is 2. The molecule has 0 spiro atoms. The lowest BCUT2D eigenvalue weighted by Crippen LogP contribution is -2.21. The largest absolute Gasteiger partial charge is 0.456 e. The molecule has 2 aromatic carbocycles. The molecule has 0 atom stereocenters. The van der Waals surface area contributed by atoms with E-state index in [4.69, 9.17) is 16.3 Å². The molecule has 27 heavy (non-hydrogen) atoms. The first kappa shape index (κ1) is 20.5. The van der Waals surface area contributed by atoms with Gasteiger partial charge in [-0.1, -0.05) is 17.7 Å². The second kappa shape index (κ2) is 9.73. The number of carbonyl (C=O) groups excluding carboxylic acids is 3. The summed E-state index contributed by atoms with van der Waals surface area (Å²) in [7, 11) is 0. The molecule has 0 aromatic heterocycles. The fourth-order valence-corrected chi connectivity index (χ4v) is 2.33. The number of hydrogen-bond acceptors (Lipinski definition) is 4. The van der Waals surface area contributed by atoms with E-state index in [1.54, 1.807) is 30.3 Å². The van der Waals surface area contributed by atoms with Gasteiger partial charge in [-0.25, -0.2) is 0 Å². The Morgan fingerprint density at radius 1 is 0.852 bits per heavy atom. The van der Waals surface area contributed by atoms with Crippen molar-refractivity contribution in [2.24, 2.45) is 0 Å². The van der Waals surface area contributed by atoms with Gasteiger partial charge in [0.05, 0.1) is 6.42 Å². The number of hydrogen-bond donors (Lipinski definition) is 2. The molecule has 0 aliphatic heterocycles. The first-order valence-corrected chi connectivity index (χ1v) is 8.79. The molecule has 2 N–H and O–H groups in total. The predicted molar refractivity (Wildman–Crippen MR) is 105 cm³/mol. The number of aryl methyl sites for hydroxylation is 2. The normalized spacial score (nSPS) is 10.2. The van der Waals surface area contributed by atoms with Gasteiger partial charge in [0.1, 0.15) is 0 Å². The Morgan fingerprint density at radius 2 is 1.48 bits per heavy atom. The zero-order chi connectivity index (χ0) is 19.8. The van der Waals surface area contributed by atoms with Crippen LogP contribution in [0, 0.1) is 13.8 Å². The van der Waals surface area contributed by atoms with Gasteiger partial charge in [0.25, 0.3) is 5.91 Å². The molecule has 2 rings (SSSR count). The molecule has 0 heterocycles. The third-order valence-electron chi connectivity index (χ3n) is 3.84. The van der Waals surface area contributed by atoms with Gasteiger partial charge in [0, 0.05) is 22.8 Å². The average molecular weight is 389 g/mol. The van der Waals surface area contributed by atoms with Crippen LogP contribution in [0.15, 0.2) is 42.5 Å². The van der Waals surface area contributed by atoms with Gasteiger partial charge in [-0.3, -0.25) is 14.4 Å². The maximum absolute atomic E-state index is 11.9.